The Bertz CT molecular complexity index is 704. The summed E-state index contributed by atoms with van der Waals surface area (Å²) in [6.45, 7) is 2.33. The van der Waals surface area contributed by atoms with Crippen molar-refractivity contribution in [2.24, 2.45) is 0 Å². The Morgan fingerprint density at radius 3 is 2.57 bits per heavy atom. The summed E-state index contributed by atoms with van der Waals surface area (Å²) in [5, 5.41) is 0.693. The van der Waals surface area contributed by atoms with Gasteiger partial charge in [0.05, 0.1) is 16.7 Å². The zero-order valence-electron chi connectivity index (χ0n) is 10.9. The van der Waals surface area contributed by atoms with Crippen LogP contribution in [0.2, 0.25) is 10.0 Å². The molecular formula is C15H10BrCl2IO2. The van der Waals surface area contributed by atoms with E-state index in [1.165, 1.54) is 0 Å². The molecule has 0 atom stereocenters. The van der Waals surface area contributed by atoms with E-state index in [1.807, 2.05) is 19.1 Å². The number of halogens is 4. The van der Waals surface area contributed by atoms with Crippen molar-refractivity contribution in [1.29, 1.82) is 0 Å². The van der Waals surface area contributed by atoms with E-state index in [9.17, 15) is 4.79 Å². The summed E-state index contributed by atoms with van der Waals surface area (Å²) in [4.78, 5) is 12.7. The third kappa shape index (κ3) is 3.92. The van der Waals surface area contributed by atoms with Gasteiger partial charge in [0.2, 0.25) is 0 Å². The van der Waals surface area contributed by atoms with Gasteiger partial charge in [-0.2, -0.15) is 0 Å². The van der Waals surface area contributed by atoms with Gasteiger partial charge in [0.1, 0.15) is 5.75 Å². The Morgan fingerprint density at radius 1 is 1.19 bits per heavy atom. The number of hydrogen-bond donors (Lipinski definition) is 0. The fraction of sp³-hybridized carbons (Fsp3) is 0.133. The molecule has 0 unspecified atom stereocenters. The van der Waals surface area contributed by atoms with Crippen molar-refractivity contribution >= 4 is 67.5 Å². The maximum absolute atomic E-state index is 12.7. The molecule has 2 aromatic rings. The molecule has 2 rings (SSSR count). The van der Waals surface area contributed by atoms with Crippen molar-refractivity contribution in [3.05, 3.63) is 59.5 Å². The first-order valence-electron chi connectivity index (χ1n) is 6.05. The fourth-order valence-electron chi connectivity index (χ4n) is 1.79. The van der Waals surface area contributed by atoms with Crippen molar-refractivity contribution in [3.63, 3.8) is 0 Å². The first-order valence-corrected chi connectivity index (χ1v) is 8.68. The van der Waals surface area contributed by atoms with Crippen LogP contribution in [-0.4, -0.2) is 12.4 Å². The lowest BCUT2D eigenvalue weighted by molar-refractivity contribution is 0.103. The van der Waals surface area contributed by atoms with Gasteiger partial charge < -0.3 is 4.74 Å². The van der Waals surface area contributed by atoms with Gasteiger partial charge in [0.25, 0.3) is 0 Å². The molecule has 2 nitrogen and oxygen atoms in total. The topological polar surface area (TPSA) is 26.3 Å². The normalized spacial score (nSPS) is 10.5. The molecule has 0 amide bonds. The fourth-order valence-corrected chi connectivity index (χ4v) is 3.18. The zero-order chi connectivity index (χ0) is 15.6. The van der Waals surface area contributed by atoms with Gasteiger partial charge in [0.15, 0.2) is 5.78 Å². The first kappa shape index (κ1) is 17.1. The second kappa shape index (κ2) is 7.31. The van der Waals surface area contributed by atoms with Crippen LogP contribution in [0.1, 0.15) is 22.8 Å². The summed E-state index contributed by atoms with van der Waals surface area (Å²) >= 11 is 17.8. The summed E-state index contributed by atoms with van der Waals surface area (Å²) in [6.07, 6.45) is 0. The molecule has 0 N–H and O–H groups in total. The summed E-state index contributed by atoms with van der Waals surface area (Å²) < 4.78 is 7.05. The molecule has 0 aromatic heterocycles. The number of rotatable bonds is 4. The molecule has 0 fully saturated rings. The van der Waals surface area contributed by atoms with Crippen LogP contribution in [0.3, 0.4) is 0 Å². The highest BCUT2D eigenvalue weighted by Gasteiger charge is 2.18. The molecule has 0 heterocycles. The minimum absolute atomic E-state index is 0.171. The Balaban J connectivity index is 2.49. The molecule has 0 saturated heterocycles. The highest BCUT2D eigenvalue weighted by molar-refractivity contribution is 14.1. The molecule has 0 aliphatic carbocycles. The summed E-state index contributed by atoms with van der Waals surface area (Å²) in [6, 6.07) is 8.64. The van der Waals surface area contributed by atoms with Crippen LogP contribution in [0.5, 0.6) is 5.75 Å². The molecule has 0 spiro atoms. The van der Waals surface area contributed by atoms with Gasteiger partial charge in [-0.3, -0.25) is 4.79 Å². The van der Waals surface area contributed by atoms with Crippen LogP contribution in [-0.2, 0) is 0 Å². The molecule has 0 aliphatic heterocycles. The van der Waals surface area contributed by atoms with E-state index in [4.69, 9.17) is 27.9 Å². The highest BCUT2D eigenvalue weighted by Crippen LogP contribution is 2.33. The highest BCUT2D eigenvalue weighted by atomic mass is 127. The first-order chi connectivity index (χ1) is 9.93. The number of ether oxygens (including phenoxy) is 1. The van der Waals surface area contributed by atoms with Crippen LogP contribution in [0, 0.1) is 3.57 Å². The number of hydrogen-bond acceptors (Lipinski definition) is 2. The lowest BCUT2D eigenvalue weighted by Gasteiger charge is -2.10. The van der Waals surface area contributed by atoms with Gasteiger partial charge in [-0.25, -0.2) is 0 Å². The predicted octanol–water partition coefficient (Wildman–Crippen LogP) is 5.99. The minimum atomic E-state index is -0.171. The lowest BCUT2D eigenvalue weighted by atomic mass is 10.0. The monoisotopic (exact) mass is 498 g/mol. The molecule has 21 heavy (non-hydrogen) atoms. The van der Waals surface area contributed by atoms with Gasteiger partial charge in [0, 0.05) is 25.2 Å². The van der Waals surface area contributed by atoms with E-state index >= 15 is 0 Å². The molecular weight excluding hydrogens is 490 g/mol. The number of carbonyl (C=O) groups excluding carboxylic acids is 1. The van der Waals surface area contributed by atoms with Crippen molar-refractivity contribution in [3.8, 4) is 5.75 Å². The quantitative estimate of drug-likeness (QED) is 0.381. The third-order valence-electron chi connectivity index (χ3n) is 2.74. The molecule has 0 bridgehead atoms. The van der Waals surface area contributed by atoms with Crippen molar-refractivity contribution in [2.45, 2.75) is 6.92 Å². The van der Waals surface area contributed by atoms with E-state index in [0.29, 0.717) is 33.5 Å². The Hall–Kier alpha value is -0.300. The summed E-state index contributed by atoms with van der Waals surface area (Å²) in [5.74, 6) is 0.306. The smallest absolute Gasteiger partial charge is 0.195 e. The average Bonchev–Trinajstić information content (AvgIpc) is 2.44. The second-order valence-electron chi connectivity index (χ2n) is 4.15. The number of ketones is 1. The van der Waals surface area contributed by atoms with Gasteiger partial charge in [-0.05, 0) is 53.8 Å². The zero-order valence-corrected chi connectivity index (χ0v) is 16.2. The summed E-state index contributed by atoms with van der Waals surface area (Å²) in [7, 11) is 0. The largest absolute Gasteiger partial charge is 0.492 e. The van der Waals surface area contributed by atoms with E-state index in [2.05, 4.69) is 38.5 Å². The molecule has 110 valence electrons. The van der Waals surface area contributed by atoms with Gasteiger partial charge in [-0.1, -0.05) is 39.1 Å². The van der Waals surface area contributed by atoms with Crippen molar-refractivity contribution < 1.29 is 9.53 Å². The van der Waals surface area contributed by atoms with Crippen molar-refractivity contribution in [1.82, 2.24) is 0 Å². The Labute approximate surface area is 155 Å². The Kier molecular flexibility index (Phi) is 5.94. The van der Waals surface area contributed by atoms with Crippen LogP contribution in [0.15, 0.2) is 34.8 Å². The summed E-state index contributed by atoms with van der Waals surface area (Å²) in [5.41, 5.74) is 0.938. The van der Waals surface area contributed by atoms with Crippen molar-refractivity contribution in [2.75, 3.05) is 6.61 Å². The number of benzene rings is 2. The maximum Gasteiger partial charge on any atom is 0.195 e. The molecule has 0 saturated carbocycles. The van der Waals surface area contributed by atoms with E-state index in [-0.39, 0.29) is 5.78 Å². The van der Waals surface area contributed by atoms with Crippen LogP contribution < -0.4 is 4.74 Å². The van der Waals surface area contributed by atoms with Crippen LogP contribution >= 0.6 is 61.7 Å². The second-order valence-corrected chi connectivity index (χ2v) is 7.04. The minimum Gasteiger partial charge on any atom is -0.492 e. The number of carbonyl (C=O) groups is 1. The van der Waals surface area contributed by atoms with E-state index in [0.717, 1.165) is 8.04 Å². The molecule has 6 heteroatoms. The Morgan fingerprint density at radius 2 is 1.90 bits per heavy atom. The molecule has 2 aromatic carbocycles. The van der Waals surface area contributed by atoms with Gasteiger partial charge in [-0.15, -0.1) is 0 Å². The predicted molar refractivity (Wildman–Crippen MR) is 97.9 cm³/mol. The average molecular weight is 500 g/mol. The van der Waals surface area contributed by atoms with Gasteiger partial charge >= 0.3 is 0 Å². The molecule has 0 radical (unpaired) electrons. The van der Waals surface area contributed by atoms with E-state index in [1.54, 1.807) is 18.2 Å². The third-order valence-corrected chi connectivity index (χ3v) is 4.78. The maximum atomic E-state index is 12.7. The molecule has 0 aliphatic rings. The van der Waals surface area contributed by atoms with Crippen LogP contribution in [0.4, 0.5) is 0 Å². The lowest BCUT2D eigenvalue weighted by Crippen LogP contribution is -2.05. The standard InChI is InChI=1S/C15H10BrCl2IO2/c1-2-21-14-7-11(17)9(6-12(14)18)15(20)10-5-8(16)3-4-13(10)19/h3-7H,2H2,1H3. The van der Waals surface area contributed by atoms with E-state index < -0.39 is 0 Å². The van der Waals surface area contributed by atoms with Crippen LogP contribution in [0.25, 0.3) is 0 Å². The SMILES string of the molecule is CCOc1cc(Cl)c(C(=O)c2cc(Br)ccc2I)cc1Cl.